The zero-order valence-corrected chi connectivity index (χ0v) is 10.9. The molecular formula is C11H13FN4O2S. The van der Waals surface area contributed by atoms with E-state index in [1.54, 1.807) is 19.3 Å². The molecule has 1 heterocycles. The largest absolute Gasteiger partial charge is 0.373 e. The quantitative estimate of drug-likeness (QED) is 0.789. The molecule has 1 unspecified atom stereocenters. The van der Waals surface area contributed by atoms with Crippen LogP contribution in [0.25, 0.3) is 0 Å². The molecule has 0 aliphatic rings. The molecule has 0 spiro atoms. The van der Waals surface area contributed by atoms with Crippen molar-refractivity contribution in [2.24, 2.45) is 5.14 Å². The van der Waals surface area contributed by atoms with Crippen LogP contribution in [0.4, 0.5) is 10.1 Å². The summed E-state index contributed by atoms with van der Waals surface area (Å²) in [4.78, 5) is 6.68. The van der Waals surface area contributed by atoms with Crippen molar-refractivity contribution in [2.45, 2.75) is 17.9 Å². The smallest absolute Gasteiger partial charge is 0.238 e. The highest BCUT2D eigenvalue weighted by Gasteiger charge is 2.14. The summed E-state index contributed by atoms with van der Waals surface area (Å²) < 4.78 is 35.9. The molecular weight excluding hydrogens is 271 g/mol. The predicted octanol–water partition coefficient (Wildman–Crippen LogP) is 1.37. The van der Waals surface area contributed by atoms with Crippen LogP contribution < -0.4 is 10.5 Å². The average molecular weight is 284 g/mol. The SMILES string of the molecule is CC(Nc1ccc(S(N)(=O)=O)cc1F)c1ncc[nH]1. The Morgan fingerprint density at radius 2 is 2.21 bits per heavy atom. The van der Waals surface area contributed by atoms with E-state index in [4.69, 9.17) is 5.14 Å². The summed E-state index contributed by atoms with van der Waals surface area (Å²) in [5.74, 6) is -0.0418. The van der Waals surface area contributed by atoms with E-state index in [1.165, 1.54) is 12.1 Å². The lowest BCUT2D eigenvalue weighted by atomic mass is 10.2. The predicted molar refractivity (Wildman–Crippen MR) is 68.4 cm³/mol. The topological polar surface area (TPSA) is 101 Å². The van der Waals surface area contributed by atoms with E-state index >= 15 is 0 Å². The van der Waals surface area contributed by atoms with Crippen LogP contribution in [0, 0.1) is 5.82 Å². The number of aromatic amines is 1. The number of halogens is 1. The van der Waals surface area contributed by atoms with Crippen LogP contribution in [0.1, 0.15) is 18.8 Å². The number of sulfonamides is 1. The standard InChI is InChI=1S/C11H13FN4O2S/c1-7(11-14-4-5-15-11)16-10-3-2-8(6-9(10)12)19(13,17)18/h2-7,16H,1H3,(H,14,15)(H2,13,17,18). The molecule has 0 bridgehead atoms. The molecule has 2 aromatic rings. The van der Waals surface area contributed by atoms with Gasteiger partial charge in [-0.15, -0.1) is 0 Å². The number of nitrogens with two attached hydrogens (primary N) is 1. The second-order valence-electron chi connectivity index (χ2n) is 4.03. The number of anilines is 1. The first-order chi connectivity index (χ1) is 8.88. The molecule has 1 atom stereocenters. The molecule has 102 valence electrons. The highest BCUT2D eigenvalue weighted by molar-refractivity contribution is 7.89. The maximum Gasteiger partial charge on any atom is 0.238 e. The second kappa shape index (κ2) is 4.98. The van der Waals surface area contributed by atoms with Gasteiger partial charge in [0.1, 0.15) is 11.6 Å². The summed E-state index contributed by atoms with van der Waals surface area (Å²) in [6.07, 6.45) is 3.25. The molecule has 0 amide bonds. The Balaban J connectivity index is 2.23. The van der Waals surface area contributed by atoms with E-state index in [1.807, 2.05) is 0 Å². The number of aromatic nitrogens is 2. The van der Waals surface area contributed by atoms with Crippen LogP contribution in [-0.2, 0) is 10.0 Å². The summed E-state index contributed by atoms with van der Waals surface area (Å²) in [7, 11) is -3.90. The van der Waals surface area contributed by atoms with Crippen molar-refractivity contribution in [3.63, 3.8) is 0 Å². The number of nitrogens with zero attached hydrogens (tertiary/aromatic N) is 1. The highest BCUT2D eigenvalue weighted by atomic mass is 32.2. The van der Waals surface area contributed by atoms with Crippen molar-refractivity contribution >= 4 is 15.7 Å². The molecule has 4 N–H and O–H groups in total. The molecule has 19 heavy (non-hydrogen) atoms. The third-order valence-electron chi connectivity index (χ3n) is 2.57. The van der Waals surface area contributed by atoms with Crippen molar-refractivity contribution in [3.05, 3.63) is 42.2 Å². The Kier molecular flexibility index (Phi) is 3.54. The van der Waals surface area contributed by atoms with Gasteiger partial charge in [0.15, 0.2) is 0 Å². The molecule has 6 nitrogen and oxygen atoms in total. The van der Waals surface area contributed by atoms with E-state index in [0.717, 1.165) is 6.07 Å². The normalized spacial score (nSPS) is 13.2. The highest BCUT2D eigenvalue weighted by Crippen LogP contribution is 2.22. The molecule has 1 aromatic heterocycles. The van der Waals surface area contributed by atoms with E-state index in [0.29, 0.717) is 5.82 Å². The van der Waals surface area contributed by atoms with Crippen LogP contribution in [0.2, 0.25) is 0 Å². The number of hydrogen-bond donors (Lipinski definition) is 3. The zero-order valence-electron chi connectivity index (χ0n) is 10.1. The third-order valence-corrected chi connectivity index (χ3v) is 3.48. The summed E-state index contributed by atoms with van der Waals surface area (Å²) in [5, 5.41) is 7.81. The van der Waals surface area contributed by atoms with Gasteiger partial charge in [0.05, 0.1) is 16.6 Å². The fourth-order valence-corrected chi connectivity index (χ4v) is 2.13. The Hall–Kier alpha value is -1.93. The lowest BCUT2D eigenvalue weighted by molar-refractivity contribution is 0.592. The molecule has 0 radical (unpaired) electrons. The van der Waals surface area contributed by atoms with Crippen molar-refractivity contribution in [1.82, 2.24) is 9.97 Å². The van der Waals surface area contributed by atoms with Gasteiger partial charge < -0.3 is 10.3 Å². The van der Waals surface area contributed by atoms with Gasteiger partial charge in [0.2, 0.25) is 10.0 Å². The second-order valence-corrected chi connectivity index (χ2v) is 5.59. The zero-order chi connectivity index (χ0) is 14.0. The number of nitrogens with one attached hydrogen (secondary N) is 2. The van der Waals surface area contributed by atoms with Crippen molar-refractivity contribution in [3.8, 4) is 0 Å². The average Bonchev–Trinajstić information content (AvgIpc) is 2.84. The minimum atomic E-state index is -3.90. The molecule has 1 aromatic carbocycles. The van der Waals surface area contributed by atoms with Crippen LogP contribution in [0.5, 0.6) is 0 Å². The number of rotatable bonds is 4. The van der Waals surface area contributed by atoms with Gasteiger partial charge in [-0.05, 0) is 25.1 Å². The van der Waals surface area contributed by atoms with Crippen LogP contribution in [0.15, 0.2) is 35.5 Å². The number of benzene rings is 1. The first-order valence-electron chi connectivity index (χ1n) is 5.46. The fraction of sp³-hybridized carbons (Fsp3) is 0.182. The van der Waals surface area contributed by atoms with Crippen molar-refractivity contribution < 1.29 is 12.8 Å². The van der Waals surface area contributed by atoms with Gasteiger partial charge in [0.25, 0.3) is 0 Å². The summed E-state index contributed by atoms with van der Waals surface area (Å²) in [6, 6.07) is 3.21. The van der Waals surface area contributed by atoms with E-state index in [-0.39, 0.29) is 16.6 Å². The molecule has 0 fully saturated rings. The maximum atomic E-state index is 13.8. The molecule has 0 aliphatic carbocycles. The van der Waals surface area contributed by atoms with Crippen LogP contribution in [0.3, 0.4) is 0 Å². The monoisotopic (exact) mass is 284 g/mol. The van der Waals surface area contributed by atoms with E-state index in [9.17, 15) is 12.8 Å². The third kappa shape index (κ3) is 3.09. The van der Waals surface area contributed by atoms with E-state index in [2.05, 4.69) is 15.3 Å². The van der Waals surface area contributed by atoms with Gasteiger partial charge >= 0.3 is 0 Å². The van der Waals surface area contributed by atoms with Crippen LogP contribution in [-0.4, -0.2) is 18.4 Å². The first-order valence-corrected chi connectivity index (χ1v) is 7.01. The Morgan fingerprint density at radius 1 is 1.47 bits per heavy atom. The molecule has 8 heteroatoms. The Bertz CT molecular complexity index is 670. The van der Waals surface area contributed by atoms with Gasteiger partial charge in [-0.1, -0.05) is 0 Å². The van der Waals surface area contributed by atoms with Crippen LogP contribution >= 0.6 is 0 Å². The number of H-pyrrole nitrogens is 1. The fourth-order valence-electron chi connectivity index (χ4n) is 1.61. The molecule has 2 rings (SSSR count). The lowest BCUT2D eigenvalue weighted by Gasteiger charge is -2.14. The minimum Gasteiger partial charge on any atom is -0.373 e. The van der Waals surface area contributed by atoms with Gasteiger partial charge in [-0.2, -0.15) is 0 Å². The summed E-state index contributed by atoms with van der Waals surface area (Å²) in [5.41, 5.74) is 0.177. The van der Waals surface area contributed by atoms with Gasteiger partial charge in [-0.3, -0.25) is 0 Å². The number of primary sulfonamides is 1. The first kappa shape index (κ1) is 13.5. The molecule has 0 saturated carbocycles. The Labute approximate surface area is 109 Å². The summed E-state index contributed by atoms with van der Waals surface area (Å²) >= 11 is 0. The lowest BCUT2D eigenvalue weighted by Crippen LogP contribution is -2.14. The van der Waals surface area contributed by atoms with Crippen molar-refractivity contribution in [2.75, 3.05) is 5.32 Å². The summed E-state index contributed by atoms with van der Waals surface area (Å²) in [6.45, 7) is 1.80. The van der Waals surface area contributed by atoms with E-state index < -0.39 is 15.8 Å². The maximum absolute atomic E-state index is 13.8. The number of hydrogen-bond acceptors (Lipinski definition) is 4. The molecule has 0 aliphatic heterocycles. The van der Waals surface area contributed by atoms with Gasteiger partial charge in [-0.25, -0.2) is 22.9 Å². The Morgan fingerprint density at radius 3 is 2.74 bits per heavy atom. The van der Waals surface area contributed by atoms with Crippen molar-refractivity contribution in [1.29, 1.82) is 0 Å². The molecule has 0 saturated heterocycles. The van der Waals surface area contributed by atoms with Gasteiger partial charge in [0, 0.05) is 12.4 Å². The minimum absolute atomic E-state index is 0.177. The number of imidazole rings is 1.